The lowest BCUT2D eigenvalue weighted by atomic mass is 9.78. The highest BCUT2D eigenvalue weighted by atomic mass is 19.4. The fourth-order valence-electron chi connectivity index (χ4n) is 3.89. The molecule has 2 aromatic carbocycles. The number of nitrogens with one attached hydrogen (secondary N) is 1. The van der Waals surface area contributed by atoms with E-state index in [0.717, 1.165) is 28.8 Å². The third-order valence-electron chi connectivity index (χ3n) is 6.47. The molecular weight excluding hydrogens is 420 g/mol. The van der Waals surface area contributed by atoms with Crippen molar-refractivity contribution in [2.24, 2.45) is 0 Å². The second-order valence-corrected chi connectivity index (χ2v) is 9.23. The number of fused-ring (bicyclic) bond motifs is 1. The summed E-state index contributed by atoms with van der Waals surface area (Å²) >= 11 is 0. The molecule has 2 heterocycles. The van der Waals surface area contributed by atoms with Crippen LogP contribution in [-0.4, -0.2) is 30.9 Å². The summed E-state index contributed by atoms with van der Waals surface area (Å²) < 4.78 is 50.9. The summed E-state index contributed by atoms with van der Waals surface area (Å²) in [6, 6.07) is 10.4. The van der Waals surface area contributed by atoms with Crippen LogP contribution >= 0.6 is 0 Å². The van der Waals surface area contributed by atoms with E-state index in [2.05, 4.69) is 5.32 Å². The Balaban J connectivity index is 1.43. The smallest absolute Gasteiger partial charge is 0.399 e. The van der Waals surface area contributed by atoms with E-state index in [1.54, 1.807) is 11.0 Å². The van der Waals surface area contributed by atoms with E-state index in [1.165, 1.54) is 6.07 Å². The van der Waals surface area contributed by atoms with Gasteiger partial charge in [0.15, 0.2) is 0 Å². The lowest BCUT2D eigenvalue weighted by molar-refractivity contribution is -0.137. The van der Waals surface area contributed by atoms with Crippen molar-refractivity contribution in [2.45, 2.75) is 58.0 Å². The summed E-state index contributed by atoms with van der Waals surface area (Å²) in [6.07, 6.45) is -3.73. The maximum atomic E-state index is 12.9. The minimum Gasteiger partial charge on any atom is -0.399 e. The maximum Gasteiger partial charge on any atom is 0.494 e. The molecule has 0 unspecified atom stereocenters. The highest BCUT2D eigenvalue weighted by molar-refractivity contribution is 6.62. The Morgan fingerprint density at radius 1 is 1.09 bits per heavy atom. The molecular formula is C23H26BF3N2O3. The van der Waals surface area contributed by atoms with Gasteiger partial charge in [0, 0.05) is 18.8 Å². The molecule has 0 spiro atoms. The van der Waals surface area contributed by atoms with Gasteiger partial charge in [-0.1, -0.05) is 24.3 Å². The number of amides is 2. The van der Waals surface area contributed by atoms with Crippen molar-refractivity contribution in [1.82, 2.24) is 5.32 Å². The van der Waals surface area contributed by atoms with Crippen LogP contribution in [0.15, 0.2) is 42.5 Å². The number of hydrogen-bond acceptors (Lipinski definition) is 3. The van der Waals surface area contributed by atoms with Crippen LogP contribution in [0.2, 0.25) is 0 Å². The Labute approximate surface area is 186 Å². The fourth-order valence-corrected chi connectivity index (χ4v) is 3.89. The Kier molecular flexibility index (Phi) is 5.53. The van der Waals surface area contributed by atoms with Gasteiger partial charge in [0.2, 0.25) is 0 Å². The number of nitrogens with zero attached hydrogens (tertiary/aromatic N) is 1. The second kappa shape index (κ2) is 7.81. The van der Waals surface area contributed by atoms with E-state index < -0.39 is 30.1 Å². The van der Waals surface area contributed by atoms with Crippen LogP contribution in [0.4, 0.5) is 23.7 Å². The third kappa shape index (κ3) is 4.23. The van der Waals surface area contributed by atoms with Crippen LogP contribution in [0, 0.1) is 0 Å². The normalized spacial score (nSPS) is 19.2. The molecule has 0 radical (unpaired) electrons. The maximum absolute atomic E-state index is 12.9. The van der Waals surface area contributed by atoms with E-state index in [-0.39, 0.29) is 12.6 Å². The van der Waals surface area contributed by atoms with Gasteiger partial charge in [-0.25, -0.2) is 4.79 Å². The molecule has 1 N–H and O–H groups in total. The second-order valence-electron chi connectivity index (χ2n) is 9.23. The van der Waals surface area contributed by atoms with Gasteiger partial charge >= 0.3 is 19.3 Å². The van der Waals surface area contributed by atoms with Crippen molar-refractivity contribution in [2.75, 3.05) is 11.4 Å². The predicted octanol–water partition coefficient (Wildman–Crippen LogP) is 4.28. The zero-order valence-electron chi connectivity index (χ0n) is 18.5. The molecule has 0 aliphatic carbocycles. The molecule has 9 heteroatoms. The Bertz CT molecular complexity index is 1020. The topological polar surface area (TPSA) is 50.8 Å². The van der Waals surface area contributed by atoms with Gasteiger partial charge in [-0.2, -0.15) is 13.2 Å². The van der Waals surface area contributed by atoms with E-state index in [0.29, 0.717) is 18.5 Å². The van der Waals surface area contributed by atoms with Gasteiger partial charge in [-0.15, -0.1) is 0 Å². The van der Waals surface area contributed by atoms with Crippen LogP contribution in [0.1, 0.15) is 44.4 Å². The summed E-state index contributed by atoms with van der Waals surface area (Å²) in [4.78, 5) is 14.3. The number of rotatable bonds is 3. The molecule has 0 bridgehead atoms. The highest BCUT2D eigenvalue weighted by Gasteiger charge is 2.51. The molecule has 2 aromatic rings. The van der Waals surface area contributed by atoms with Crippen LogP contribution in [0.3, 0.4) is 0 Å². The molecule has 170 valence electrons. The minimum absolute atomic E-state index is 0.0145. The molecule has 32 heavy (non-hydrogen) atoms. The van der Waals surface area contributed by atoms with Crippen molar-refractivity contribution in [3.8, 4) is 0 Å². The van der Waals surface area contributed by atoms with Gasteiger partial charge < -0.3 is 14.6 Å². The first kappa shape index (κ1) is 22.7. The Hall–Kier alpha value is -2.52. The molecule has 0 aromatic heterocycles. The van der Waals surface area contributed by atoms with Gasteiger partial charge in [0.25, 0.3) is 0 Å². The number of alkyl halides is 3. The van der Waals surface area contributed by atoms with E-state index in [9.17, 15) is 18.0 Å². The predicted molar refractivity (Wildman–Crippen MR) is 117 cm³/mol. The third-order valence-corrected chi connectivity index (χ3v) is 6.47. The zero-order valence-corrected chi connectivity index (χ0v) is 18.5. The fraction of sp³-hybridized carbons (Fsp3) is 0.435. The molecule has 2 aliphatic rings. The van der Waals surface area contributed by atoms with Crippen molar-refractivity contribution in [3.05, 3.63) is 59.2 Å². The zero-order chi connectivity index (χ0) is 23.3. The molecule has 0 saturated carbocycles. The molecule has 2 aliphatic heterocycles. The highest BCUT2D eigenvalue weighted by Crippen LogP contribution is 2.37. The molecule has 1 saturated heterocycles. The van der Waals surface area contributed by atoms with Crippen molar-refractivity contribution in [3.63, 3.8) is 0 Å². The Morgan fingerprint density at radius 2 is 1.78 bits per heavy atom. The molecule has 2 amide bonds. The number of halogens is 3. The quantitative estimate of drug-likeness (QED) is 0.717. The first-order chi connectivity index (χ1) is 14.9. The SMILES string of the molecule is CC1(C)OB(c2ccc3c(c2)CCN3C(=O)NCc2cccc(C(F)(F)F)c2)OC1(C)C. The van der Waals surface area contributed by atoms with Crippen molar-refractivity contribution >= 4 is 24.3 Å². The van der Waals surface area contributed by atoms with E-state index in [4.69, 9.17) is 9.31 Å². The number of carbonyl (C=O) groups is 1. The summed E-state index contributed by atoms with van der Waals surface area (Å²) in [6.45, 7) is 8.50. The Morgan fingerprint density at radius 3 is 2.44 bits per heavy atom. The molecule has 1 fully saturated rings. The summed E-state index contributed by atoms with van der Waals surface area (Å²) in [5.74, 6) is 0. The average molecular weight is 446 g/mol. The van der Waals surface area contributed by atoms with Gasteiger partial charge in [-0.3, -0.25) is 4.90 Å². The van der Waals surface area contributed by atoms with Crippen molar-refractivity contribution in [1.29, 1.82) is 0 Å². The number of hydrogen-bond donors (Lipinski definition) is 1. The molecule has 5 nitrogen and oxygen atoms in total. The number of carbonyl (C=O) groups excluding carboxylic acids is 1. The van der Waals surface area contributed by atoms with Crippen LogP contribution in [-0.2, 0) is 28.5 Å². The van der Waals surface area contributed by atoms with E-state index >= 15 is 0 Å². The summed E-state index contributed by atoms with van der Waals surface area (Å²) in [5.41, 5.74) is 1.47. The number of benzene rings is 2. The van der Waals surface area contributed by atoms with Crippen LogP contribution < -0.4 is 15.7 Å². The minimum atomic E-state index is -4.41. The number of urea groups is 1. The standard InChI is InChI=1S/C23H26BF3N2O3/c1-21(2)22(3,4)32-24(31-21)18-8-9-19-16(13-18)10-11-29(19)20(30)28-14-15-6-5-7-17(12-15)23(25,26)27/h5-9,12-13H,10-11,14H2,1-4H3,(H,28,30). The first-order valence-corrected chi connectivity index (χ1v) is 10.6. The average Bonchev–Trinajstić information content (AvgIpc) is 3.23. The van der Waals surface area contributed by atoms with Gasteiger partial charge in [0.1, 0.15) is 0 Å². The summed E-state index contributed by atoms with van der Waals surface area (Å²) in [7, 11) is -0.478. The molecule has 4 rings (SSSR count). The van der Waals surface area contributed by atoms with Gasteiger partial charge in [0.05, 0.1) is 16.8 Å². The van der Waals surface area contributed by atoms with E-state index in [1.807, 2.05) is 45.9 Å². The van der Waals surface area contributed by atoms with Crippen LogP contribution in [0.25, 0.3) is 0 Å². The summed E-state index contributed by atoms with van der Waals surface area (Å²) in [5, 5.41) is 2.72. The largest absolute Gasteiger partial charge is 0.494 e. The lowest BCUT2D eigenvalue weighted by Crippen LogP contribution is -2.41. The molecule has 0 atom stereocenters. The van der Waals surface area contributed by atoms with Crippen LogP contribution in [0.5, 0.6) is 0 Å². The lowest BCUT2D eigenvalue weighted by Gasteiger charge is -2.32. The number of anilines is 1. The van der Waals surface area contributed by atoms with Crippen molar-refractivity contribution < 1.29 is 27.3 Å². The monoisotopic (exact) mass is 446 g/mol. The van der Waals surface area contributed by atoms with Gasteiger partial charge in [-0.05, 0) is 68.9 Å². The first-order valence-electron chi connectivity index (χ1n) is 10.6.